The summed E-state index contributed by atoms with van der Waals surface area (Å²) in [4.78, 5) is 12.4. The Labute approximate surface area is 182 Å². The van der Waals surface area contributed by atoms with E-state index in [0.29, 0.717) is 5.75 Å². The van der Waals surface area contributed by atoms with Crippen LogP contribution in [0.5, 0.6) is 5.75 Å². The van der Waals surface area contributed by atoms with Crippen LogP contribution in [-0.4, -0.2) is 65.9 Å². The van der Waals surface area contributed by atoms with Gasteiger partial charge < -0.3 is 9.47 Å². The van der Waals surface area contributed by atoms with Crippen LogP contribution in [0.1, 0.15) is 5.56 Å². The summed E-state index contributed by atoms with van der Waals surface area (Å²) < 4.78 is 61.2. The van der Waals surface area contributed by atoms with Gasteiger partial charge in [0.2, 0.25) is 0 Å². The fraction of sp³-hybridized carbons (Fsp3) is 0.381. The second kappa shape index (κ2) is 9.37. The van der Waals surface area contributed by atoms with Crippen LogP contribution in [0.25, 0.3) is 0 Å². The average molecular weight is 468 g/mol. The maximum absolute atomic E-state index is 13.3. The topological polar surface area (TPSA) is 116 Å². The van der Waals surface area contributed by atoms with Gasteiger partial charge in [0.15, 0.2) is 19.7 Å². The third-order valence-corrected chi connectivity index (χ3v) is 9.44. The lowest BCUT2D eigenvalue weighted by atomic mass is 10.0. The molecule has 1 heterocycles. The number of methoxy groups -OCH3 is 2. The predicted molar refractivity (Wildman–Crippen MR) is 115 cm³/mol. The van der Waals surface area contributed by atoms with Gasteiger partial charge in [-0.1, -0.05) is 30.3 Å². The third kappa shape index (κ3) is 5.44. The van der Waals surface area contributed by atoms with Gasteiger partial charge in [0.25, 0.3) is 0 Å². The molecule has 3 rings (SSSR count). The highest BCUT2D eigenvalue weighted by atomic mass is 32.2. The Hall–Kier alpha value is -2.43. The van der Waals surface area contributed by atoms with E-state index in [-0.39, 0.29) is 17.1 Å². The van der Waals surface area contributed by atoms with Gasteiger partial charge in [0.1, 0.15) is 11.8 Å². The molecule has 1 fully saturated rings. The first-order chi connectivity index (χ1) is 14.7. The zero-order chi connectivity index (χ0) is 22.6. The Morgan fingerprint density at radius 1 is 1.06 bits per heavy atom. The first kappa shape index (κ1) is 23.2. The molecular weight excluding hydrogens is 442 g/mol. The number of hydrogen-bond acceptors (Lipinski definition) is 8. The summed E-state index contributed by atoms with van der Waals surface area (Å²) in [6.07, 6.45) is 0.235. The predicted octanol–water partition coefficient (Wildman–Crippen LogP) is 1.01. The van der Waals surface area contributed by atoms with Crippen molar-refractivity contribution in [3.8, 4) is 5.75 Å². The second-order valence-corrected chi connectivity index (χ2v) is 11.7. The third-order valence-electron chi connectivity index (χ3n) is 5.27. The van der Waals surface area contributed by atoms with Gasteiger partial charge in [-0.05, 0) is 36.2 Å². The van der Waals surface area contributed by atoms with Crippen LogP contribution >= 0.6 is 0 Å². The lowest BCUT2D eigenvalue weighted by Crippen LogP contribution is -2.51. The monoisotopic (exact) mass is 467 g/mol. The summed E-state index contributed by atoms with van der Waals surface area (Å²) in [7, 11) is -4.90. The standard InChI is InChI=1S/C21H25NO7S2/c1-28-16-8-10-17(11-9-16)31(26,27)20-14-30(24,25)13-19(20)22-18(21(23)29-2)12-15-6-4-3-5-7-15/h3-11,18-20,22H,12-14H2,1-2H3/t18-,19-,20-/m0/s1. The van der Waals surface area contributed by atoms with Crippen LogP contribution in [0.3, 0.4) is 0 Å². The molecule has 1 aliphatic heterocycles. The Bertz CT molecular complexity index is 1110. The number of rotatable bonds is 8. The second-order valence-electron chi connectivity index (χ2n) is 7.37. The van der Waals surface area contributed by atoms with Crippen molar-refractivity contribution in [1.29, 1.82) is 0 Å². The number of ether oxygens (including phenoxy) is 2. The zero-order valence-corrected chi connectivity index (χ0v) is 18.9. The Morgan fingerprint density at radius 2 is 1.71 bits per heavy atom. The van der Waals surface area contributed by atoms with Crippen LogP contribution in [0.15, 0.2) is 59.5 Å². The largest absolute Gasteiger partial charge is 0.497 e. The number of carbonyl (C=O) groups excluding carboxylic acids is 1. The van der Waals surface area contributed by atoms with E-state index in [0.717, 1.165) is 5.56 Å². The van der Waals surface area contributed by atoms with Crippen LogP contribution in [0.2, 0.25) is 0 Å². The minimum Gasteiger partial charge on any atom is -0.497 e. The van der Waals surface area contributed by atoms with Crippen molar-refractivity contribution >= 4 is 25.6 Å². The summed E-state index contributed by atoms with van der Waals surface area (Å²) in [5.41, 5.74) is 0.834. The summed E-state index contributed by atoms with van der Waals surface area (Å²) in [6, 6.07) is 13.1. The summed E-state index contributed by atoms with van der Waals surface area (Å²) in [6.45, 7) is 0. The highest BCUT2D eigenvalue weighted by Crippen LogP contribution is 2.27. The number of benzene rings is 2. The molecule has 31 heavy (non-hydrogen) atoms. The molecular formula is C21H25NO7S2. The van der Waals surface area contributed by atoms with E-state index in [2.05, 4.69) is 5.32 Å². The average Bonchev–Trinajstić information content (AvgIpc) is 3.08. The van der Waals surface area contributed by atoms with E-state index in [1.165, 1.54) is 38.5 Å². The van der Waals surface area contributed by atoms with Crippen LogP contribution < -0.4 is 10.1 Å². The smallest absolute Gasteiger partial charge is 0.323 e. The van der Waals surface area contributed by atoms with Gasteiger partial charge in [-0.2, -0.15) is 0 Å². The molecule has 0 aliphatic carbocycles. The normalized spacial score (nSPS) is 21.4. The molecule has 168 valence electrons. The van der Waals surface area contributed by atoms with Crippen molar-refractivity contribution in [2.45, 2.75) is 28.6 Å². The van der Waals surface area contributed by atoms with Crippen LogP contribution in [0, 0.1) is 0 Å². The Morgan fingerprint density at radius 3 is 2.29 bits per heavy atom. The quantitative estimate of drug-likeness (QED) is 0.572. The molecule has 0 bridgehead atoms. The first-order valence-corrected chi connectivity index (χ1v) is 13.0. The Kier molecular flexibility index (Phi) is 7.03. The maximum Gasteiger partial charge on any atom is 0.323 e. The zero-order valence-electron chi connectivity index (χ0n) is 17.2. The van der Waals surface area contributed by atoms with E-state index in [9.17, 15) is 21.6 Å². The number of carbonyl (C=O) groups is 1. The molecule has 0 amide bonds. The van der Waals surface area contributed by atoms with Crippen molar-refractivity contribution in [1.82, 2.24) is 5.32 Å². The summed E-state index contributed by atoms with van der Waals surface area (Å²) >= 11 is 0. The van der Waals surface area contributed by atoms with Gasteiger partial charge in [-0.3, -0.25) is 10.1 Å². The molecule has 0 saturated carbocycles. The summed E-state index contributed by atoms with van der Waals surface area (Å²) in [5, 5.41) is 1.73. The first-order valence-electron chi connectivity index (χ1n) is 9.62. The van der Waals surface area contributed by atoms with Crippen molar-refractivity contribution in [3.63, 3.8) is 0 Å². The number of esters is 1. The highest BCUT2D eigenvalue weighted by Gasteiger charge is 2.47. The van der Waals surface area contributed by atoms with Gasteiger partial charge in [-0.15, -0.1) is 0 Å². The Balaban J connectivity index is 1.90. The fourth-order valence-corrected chi connectivity index (χ4v) is 8.36. The molecule has 1 saturated heterocycles. The molecule has 1 N–H and O–H groups in total. The molecule has 1 aliphatic rings. The van der Waals surface area contributed by atoms with E-state index in [4.69, 9.17) is 9.47 Å². The van der Waals surface area contributed by atoms with Crippen molar-refractivity contribution in [2.24, 2.45) is 0 Å². The minimum absolute atomic E-state index is 0.000113. The van der Waals surface area contributed by atoms with E-state index in [1.807, 2.05) is 30.3 Å². The molecule has 8 nitrogen and oxygen atoms in total. The molecule has 0 unspecified atom stereocenters. The van der Waals surface area contributed by atoms with Crippen molar-refractivity contribution in [2.75, 3.05) is 25.7 Å². The molecule has 3 atom stereocenters. The van der Waals surface area contributed by atoms with Gasteiger partial charge >= 0.3 is 5.97 Å². The van der Waals surface area contributed by atoms with Gasteiger partial charge in [-0.25, -0.2) is 16.8 Å². The van der Waals surface area contributed by atoms with Crippen LogP contribution in [-0.2, 0) is 35.6 Å². The molecule has 0 aromatic heterocycles. The molecule has 2 aromatic rings. The number of hydrogen-bond donors (Lipinski definition) is 1. The maximum atomic E-state index is 13.3. The van der Waals surface area contributed by atoms with Crippen molar-refractivity contribution < 1.29 is 31.1 Å². The summed E-state index contributed by atoms with van der Waals surface area (Å²) in [5.74, 6) is -0.997. The van der Waals surface area contributed by atoms with Crippen molar-refractivity contribution in [3.05, 3.63) is 60.2 Å². The van der Waals surface area contributed by atoms with E-state index in [1.54, 1.807) is 0 Å². The lowest BCUT2D eigenvalue weighted by molar-refractivity contribution is -0.143. The van der Waals surface area contributed by atoms with E-state index >= 15 is 0 Å². The molecule has 10 heteroatoms. The molecule has 0 radical (unpaired) electrons. The van der Waals surface area contributed by atoms with Crippen LogP contribution in [0.4, 0.5) is 0 Å². The highest BCUT2D eigenvalue weighted by molar-refractivity contribution is 7.96. The SMILES string of the molecule is COC(=O)[C@H](Cc1ccccc1)N[C@H]1CS(=O)(=O)C[C@@H]1S(=O)(=O)c1ccc(OC)cc1. The lowest BCUT2D eigenvalue weighted by Gasteiger charge is -2.25. The molecule has 0 spiro atoms. The fourth-order valence-electron chi connectivity index (χ4n) is 3.68. The van der Waals surface area contributed by atoms with Gasteiger partial charge in [0, 0.05) is 6.04 Å². The number of sulfone groups is 2. The minimum atomic E-state index is -3.98. The van der Waals surface area contributed by atoms with E-state index < -0.39 is 48.7 Å². The number of nitrogens with one attached hydrogen (secondary N) is 1. The molecule has 2 aromatic carbocycles. The van der Waals surface area contributed by atoms with Gasteiger partial charge in [0.05, 0.1) is 35.9 Å².